The van der Waals surface area contributed by atoms with Crippen LogP contribution in [0.25, 0.3) is 0 Å². The van der Waals surface area contributed by atoms with E-state index >= 15 is 0 Å². The van der Waals surface area contributed by atoms with Gasteiger partial charge in [-0.2, -0.15) is 0 Å². The minimum atomic E-state index is 0. The molecule has 0 radical (unpaired) electrons. The minimum absolute atomic E-state index is 0. The molecule has 26 heavy (non-hydrogen) atoms. The van der Waals surface area contributed by atoms with E-state index in [1.54, 1.807) is 0 Å². The van der Waals surface area contributed by atoms with Gasteiger partial charge in [0.25, 0.3) is 0 Å². The number of nitrogens with one attached hydrogen (secondary N) is 1. The van der Waals surface area contributed by atoms with Crippen molar-refractivity contribution in [1.82, 2.24) is 24.7 Å². The van der Waals surface area contributed by atoms with Crippen LogP contribution in [-0.4, -0.2) is 84.3 Å². The molecule has 1 aromatic heterocycles. The van der Waals surface area contributed by atoms with Crippen molar-refractivity contribution in [3.8, 4) is 0 Å². The Morgan fingerprint density at radius 2 is 2.12 bits per heavy atom. The van der Waals surface area contributed by atoms with E-state index in [0.29, 0.717) is 18.0 Å². The Hall–Kier alpha value is -0.870. The van der Waals surface area contributed by atoms with Crippen molar-refractivity contribution in [3.05, 3.63) is 18.7 Å². The van der Waals surface area contributed by atoms with Gasteiger partial charge in [-0.05, 0) is 19.3 Å². The normalized spacial score (nSPS) is 26.3. The van der Waals surface area contributed by atoms with Gasteiger partial charge >= 0.3 is 0 Å². The lowest BCUT2D eigenvalue weighted by molar-refractivity contribution is 0.0210. The molecule has 0 saturated carbocycles. The molecule has 3 rings (SSSR count). The van der Waals surface area contributed by atoms with Gasteiger partial charge in [-0.1, -0.05) is 6.92 Å². The number of likely N-dealkylation sites (tertiary alicyclic amines) is 1. The van der Waals surface area contributed by atoms with E-state index in [9.17, 15) is 0 Å². The molecular formula is C18H33IN6O. The van der Waals surface area contributed by atoms with Crippen LogP contribution in [0.4, 0.5) is 0 Å². The van der Waals surface area contributed by atoms with Crippen molar-refractivity contribution in [2.45, 2.75) is 32.4 Å². The summed E-state index contributed by atoms with van der Waals surface area (Å²) in [6.45, 7) is 11.3. The van der Waals surface area contributed by atoms with Crippen LogP contribution in [0.2, 0.25) is 0 Å². The molecule has 0 amide bonds. The number of imidazole rings is 1. The molecule has 0 bridgehead atoms. The number of aromatic nitrogens is 2. The van der Waals surface area contributed by atoms with E-state index in [2.05, 4.69) is 49.7 Å². The van der Waals surface area contributed by atoms with E-state index in [1.807, 2.05) is 19.6 Å². The van der Waals surface area contributed by atoms with Gasteiger partial charge in [0.05, 0.1) is 25.6 Å². The maximum atomic E-state index is 5.45. The summed E-state index contributed by atoms with van der Waals surface area (Å²) < 4.78 is 7.68. The average Bonchev–Trinajstić information content (AvgIpc) is 3.18. The van der Waals surface area contributed by atoms with Crippen molar-refractivity contribution in [2.75, 3.05) is 53.0 Å². The SMILES string of the molecule is CN=C(NCC(C)N1CCOCC1)N1CCC(C)C(n2ccnc2)C1.I. The van der Waals surface area contributed by atoms with Crippen LogP contribution < -0.4 is 5.32 Å². The van der Waals surface area contributed by atoms with Crippen molar-refractivity contribution in [1.29, 1.82) is 0 Å². The molecule has 7 nitrogen and oxygen atoms in total. The van der Waals surface area contributed by atoms with Gasteiger partial charge < -0.3 is 19.5 Å². The molecular weight excluding hydrogens is 443 g/mol. The van der Waals surface area contributed by atoms with Crippen LogP contribution in [-0.2, 0) is 4.74 Å². The lowest BCUT2D eigenvalue weighted by Gasteiger charge is -2.40. The summed E-state index contributed by atoms with van der Waals surface area (Å²) >= 11 is 0. The first-order chi connectivity index (χ1) is 12.2. The van der Waals surface area contributed by atoms with Gasteiger partial charge in [0.1, 0.15) is 0 Å². The van der Waals surface area contributed by atoms with Crippen molar-refractivity contribution in [3.63, 3.8) is 0 Å². The van der Waals surface area contributed by atoms with Gasteiger partial charge in [-0.15, -0.1) is 24.0 Å². The minimum Gasteiger partial charge on any atom is -0.379 e. The zero-order chi connectivity index (χ0) is 17.6. The third kappa shape index (κ3) is 5.32. The molecule has 0 aliphatic carbocycles. The lowest BCUT2D eigenvalue weighted by Crippen LogP contribution is -2.52. The van der Waals surface area contributed by atoms with Crippen LogP contribution in [0.3, 0.4) is 0 Å². The lowest BCUT2D eigenvalue weighted by atomic mass is 9.93. The first kappa shape index (κ1) is 21.4. The Bertz CT molecular complexity index is 546. The summed E-state index contributed by atoms with van der Waals surface area (Å²) in [4.78, 5) is 13.6. The van der Waals surface area contributed by atoms with Gasteiger partial charge in [-0.3, -0.25) is 9.89 Å². The number of hydrogen-bond acceptors (Lipinski definition) is 4. The Morgan fingerprint density at radius 3 is 2.77 bits per heavy atom. The molecule has 2 aliphatic rings. The predicted molar refractivity (Wildman–Crippen MR) is 115 cm³/mol. The Kier molecular flexibility index (Phi) is 8.62. The number of nitrogens with zero attached hydrogens (tertiary/aromatic N) is 5. The number of piperidine rings is 1. The molecule has 1 aromatic rings. The number of morpholine rings is 1. The summed E-state index contributed by atoms with van der Waals surface area (Å²) in [6, 6.07) is 0.931. The Morgan fingerprint density at radius 1 is 1.35 bits per heavy atom. The first-order valence-electron chi connectivity index (χ1n) is 9.44. The van der Waals surface area contributed by atoms with E-state index in [4.69, 9.17) is 4.74 Å². The Balaban J connectivity index is 0.00000243. The molecule has 3 heterocycles. The van der Waals surface area contributed by atoms with Gasteiger partial charge in [0, 0.05) is 58.2 Å². The van der Waals surface area contributed by atoms with Crippen LogP contribution >= 0.6 is 24.0 Å². The molecule has 2 saturated heterocycles. The molecule has 3 unspecified atom stereocenters. The summed E-state index contributed by atoms with van der Waals surface area (Å²) in [6.07, 6.45) is 7.04. The van der Waals surface area contributed by atoms with Gasteiger partial charge in [0.15, 0.2) is 5.96 Å². The molecule has 0 aromatic carbocycles. The fourth-order valence-corrected chi connectivity index (χ4v) is 3.81. The number of aliphatic imine (C=N–C) groups is 1. The summed E-state index contributed by atoms with van der Waals surface area (Å²) in [5, 5.41) is 3.59. The summed E-state index contributed by atoms with van der Waals surface area (Å²) in [5.74, 6) is 1.66. The monoisotopic (exact) mass is 476 g/mol. The highest BCUT2D eigenvalue weighted by Gasteiger charge is 2.29. The maximum absolute atomic E-state index is 5.45. The second-order valence-corrected chi connectivity index (χ2v) is 7.21. The molecule has 148 valence electrons. The van der Waals surface area contributed by atoms with Crippen molar-refractivity contribution in [2.24, 2.45) is 10.9 Å². The Labute approximate surface area is 174 Å². The zero-order valence-corrected chi connectivity index (χ0v) is 18.5. The second-order valence-electron chi connectivity index (χ2n) is 7.21. The average molecular weight is 476 g/mol. The van der Waals surface area contributed by atoms with Crippen molar-refractivity contribution >= 4 is 29.9 Å². The van der Waals surface area contributed by atoms with E-state index in [1.165, 1.54) is 6.42 Å². The molecule has 0 spiro atoms. The van der Waals surface area contributed by atoms with Crippen LogP contribution in [0, 0.1) is 5.92 Å². The fourth-order valence-electron chi connectivity index (χ4n) is 3.81. The maximum Gasteiger partial charge on any atom is 0.193 e. The number of ether oxygens (including phenoxy) is 1. The molecule has 1 N–H and O–H groups in total. The molecule has 8 heteroatoms. The number of halogens is 1. The first-order valence-corrected chi connectivity index (χ1v) is 9.44. The standard InChI is InChI=1S/C18H32N6O.HI/c1-15-4-6-23(13-17(15)24-7-5-20-14-24)18(19-3)21-12-16(2)22-8-10-25-11-9-22;/h5,7,14-17H,4,6,8-13H2,1-3H3,(H,19,21);1H. The highest BCUT2D eigenvalue weighted by atomic mass is 127. The van der Waals surface area contributed by atoms with E-state index in [0.717, 1.165) is 51.9 Å². The molecule has 2 fully saturated rings. The molecule has 3 atom stereocenters. The highest BCUT2D eigenvalue weighted by molar-refractivity contribution is 14.0. The van der Waals surface area contributed by atoms with E-state index < -0.39 is 0 Å². The highest BCUT2D eigenvalue weighted by Crippen LogP contribution is 2.27. The molecule has 2 aliphatic heterocycles. The zero-order valence-electron chi connectivity index (χ0n) is 16.2. The number of guanidine groups is 1. The predicted octanol–water partition coefficient (Wildman–Crippen LogP) is 1.68. The van der Waals surface area contributed by atoms with E-state index in [-0.39, 0.29) is 24.0 Å². The van der Waals surface area contributed by atoms with Gasteiger partial charge in [0.2, 0.25) is 0 Å². The van der Waals surface area contributed by atoms with Crippen LogP contribution in [0.5, 0.6) is 0 Å². The van der Waals surface area contributed by atoms with Crippen LogP contribution in [0.1, 0.15) is 26.3 Å². The quantitative estimate of drug-likeness (QED) is 0.407. The fraction of sp³-hybridized carbons (Fsp3) is 0.778. The van der Waals surface area contributed by atoms with Crippen molar-refractivity contribution < 1.29 is 4.74 Å². The largest absolute Gasteiger partial charge is 0.379 e. The summed E-state index contributed by atoms with van der Waals surface area (Å²) in [7, 11) is 1.88. The number of rotatable bonds is 4. The number of hydrogen-bond donors (Lipinski definition) is 1. The van der Waals surface area contributed by atoms with Gasteiger partial charge in [-0.25, -0.2) is 4.98 Å². The topological polar surface area (TPSA) is 57.9 Å². The summed E-state index contributed by atoms with van der Waals surface area (Å²) in [5.41, 5.74) is 0. The second kappa shape index (κ2) is 10.5. The third-order valence-electron chi connectivity index (χ3n) is 5.56. The third-order valence-corrected chi connectivity index (χ3v) is 5.56. The smallest absolute Gasteiger partial charge is 0.193 e. The van der Waals surface area contributed by atoms with Crippen LogP contribution in [0.15, 0.2) is 23.7 Å².